The molecular weight excluding hydrogens is 454 g/mol. The lowest BCUT2D eigenvalue weighted by atomic mass is 10.1. The zero-order valence-electron chi connectivity index (χ0n) is 20.9. The topological polar surface area (TPSA) is 105 Å². The van der Waals surface area contributed by atoms with Gasteiger partial charge in [0.05, 0.1) is 40.6 Å². The second-order valence-corrected chi connectivity index (χ2v) is 7.33. The molecule has 2 aromatic carbocycles. The lowest BCUT2D eigenvalue weighted by Crippen LogP contribution is -2.26. The summed E-state index contributed by atoms with van der Waals surface area (Å²) in [7, 11) is 4.77. The Morgan fingerprint density at radius 1 is 0.857 bits per heavy atom. The molecule has 0 aliphatic carbocycles. The summed E-state index contributed by atoms with van der Waals surface area (Å²) in [6.07, 6.45) is 0. The number of carbonyl (C=O) groups is 1. The van der Waals surface area contributed by atoms with Crippen molar-refractivity contribution in [2.45, 2.75) is 27.3 Å². The molecule has 3 aromatic rings. The summed E-state index contributed by atoms with van der Waals surface area (Å²) < 4.78 is 33.5. The molecule has 188 valence electrons. The molecule has 10 heteroatoms. The summed E-state index contributed by atoms with van der Waals surface area (Å²) in [6, 6.07) is 8.59. The number of nitrogens with zero attached hydrogens (tertiary/aromatic N) is 3. The van der Waals surface area contributed by atoms with Gasteiger partial charge in [0.15, 0.2) is 23.0 Å². The van der Waals surface area contributed by atoms with Crippen molar-refractivity contribution in [3.63, 3.8) is 0 Å². The summed E-state index contributed by atoms with van der Waals surface area (Å²) in [5.74, 6) is 2.84. The Balaban J connectivity index is 1.81. The van der Waals surface area contributed by atoms with E-state index in [0.717, 1.165) is 0 Å². The molecule has 1 aromatic heterocycles. The second kappa shape index (κ2) is 12.0. The third kappa shape index (κ3) is 5.95. The van der Waals surface area contributed by atoms with Crippen molar-refractivity contribution in [2.24, 2.45) is 0 Å². The number of aromatic nitrogens is 2. The molecular formula is C25H31N3O7. The van der Waals surface area contributed by atoms with Gasteiger partial charge in [-0.1, -0.05) is 0 Å². The fourth-order valence-electron chi connectivity index (χ4n) is 3.41. The summed E-state index contributed by atoms with van der Waals surface area (Å²) in [5.41, 5.74) is 1.06. The molecule has 0 atom stereocenters. The molecule has 3 rings (SSSR count). The maximum Gasteiger partial charge on any atom is 0.254 e. The zero-order chi connectivity index (χ0) is 25.4. The maximum absolute atomic E-state index is 13.2. The molecule has 0 bridgehead atoms. The molecule has 0 spiro atoms. The van der Waals surface area contributed by atoms with E-state index in [1.54, 1.807) is 51.6 Å². The van der Waals surface area contributed by atoms with Gasteiger partial charge in [-0.05, 0) is 51.1 Å². The Bertz CT molecular complexity index is 1120. The van der Waals surface area contributed by atoms with Crippen LogP contribution in [0.4, 0.5) is 0 Å². The molecule has 0 radical (unpaired) electrons. The first kappa shape index (κ1) is 25.7. The average molecular weight is 486 g/mol. The Morgan fingerprint density at radius 2 is 1.49 bits per heavy atom. The molecule has 35 heavy (non-hydrogen) atoms. The van der Waals surface area contributed by atoms with Crippen LogP contribution >= 0.6 is 0 Å². The van der Waals surface area contributed by atoms with Gasteiger partial charge in [-0.15, -0.1) is 10.2 Å². The smallest absolute Gasteiger partial charge is 0.254 e. The largest absolute Gasteiger partial charge is 0.493 e. The van der Waals surface area contributed by atoms with E-state index in [0.29, 0.717) is 65.6 Å². The number of methoxy groups -OCH3 is 2. The van der Waals surface area contributed by atoms with Crippen LogP contribution in [-0.2, 0) is 6.54 Å². The van der Waals surface area contributed by atoms with Crippen LogP contribution in [0.25, 0.3) is 11.5 Å². The minimum atomic E-state index is -0.263. The molecule has 0 unspecified atom stereocenters. The van der Waals surface area contributed by atoms with E-state index in [9.17, 15) is 4.79 Å². The minimum absolute atomic E-state index is 0.111. The van der Waals surface area contributed by atoms with E-state index < -0.39 is 0 Å². The van der Waals surface area contributed by atoms with Crippen LogP contribution in [0.3, 0.4) is 0 Å². The van der Waals surface area contributed by atoms with E-state index in [1.165, 1.54) is 4.90 Å². The predicted molar refractivity (Wildman–Crippen MR) is 129 cm³/mol. The van der Waals surface area contributed by atoms with Crippen LogP contribution in [0.15, 0.2) is 34.7 Å². The van der Waals surface area contributed by atoms with Crippen LogP contribution < -0.4 is 23.7 Å². The SMILES string of the molecule is CCOc1cc(C(=O)N(C)Cc2nnc(-c3ccc(OC)c(OC)c3)o2)cc(OCC)c1OCC. The molecule has 1 heterocycles. The second-order valence-electron chi connectivity index (χ2n) is 7.33. The monoisotopic (exact) mass is 485 g/mol. The van der Waals surface area contributed by atoms with Gasteiger partial charge < -0.3 is 33.0 Å². The lowest BCUT2D eigenvalue weighted by Gasteiger charge is -2.19. The van der Waals surface area contributed by atoms with E-state index in [4.69, 9.17) is 28.1 Å². The molecule has 0 aliphatic rings. The first-order chi connectivity index (χ1) is 16.9. The van der Waals surface area contributed by atoms with Crippen LogP contribution in [0.2, 0.25) is 0 Å². The first-order valence-electron chi connectivity index (χ1n) is 11.3. The standard InChI is InChI=1S/C25H31N3O7/c1-7-32-20-13-17(14-21(33-8-2)23(20)34-9-3)25(29)28(4)15-22-26-27-24(35-22)16-10-11-18(30-5)19(12-16)31-6/h10-14H,7-9,15H2,1-6H3. The maximum atomic E-state index is 13.2. The zero-order valence-corrected chi connectivity index (χ0v) is 20.9. The number of benzene rings is 2. The third-order valence-electron chi connectivity index (χ3n) is 4.97. The Kier molecular flexibility index (Phi) is 8.77. The summed E-state index contributed by atoms with van der Waals surface area (Å²) in [6.45, 7) is 6.98. The molecule has 0 aliphatic heterocycles. The number of amides is 1. The van der Waals surface area contributed by atoms with Crippen LogP contribution in [-0.4, -0.2) is 62.1 Å². The third-order valence-corrected chi connectivity index (χ3v) is 4.97. The highest BCUT2D eigenvalue weighted by molar-refractivity contribution is 5.95. The lowest BCUT2D eigenvalue weighted by molar-refractivity contribution is 0.0772. The van der Waals surface area contributed by atoms with Crippen molar-refractivity contribution in [1.29, 1.82) is 0 Å². The van der Waals surface area contributed by atoms with Crippen molar-refractivity contribution in [2.75, 3.05) is 41.1 Å². The molecule has 0 N–H and O–H groups in total. The average Bonchev–Trinajstić information content (AvgIpc) is 3.33. The van der Waals surface area contributed by atoms with Gasteiger partial charge in [0, 0.05) is 18.2 Å². The van der Waals surface area contributed by atoms with Crippen LogP contribution in [0.1, 0.15) is 37.0 Å². The van der Waals surface area contributed by atoms with Crippen molar-refractivity contribution in [3.05, 3.63) is 41.8 Å². The van der Waals surface area contributed by atoms with Gasteiger partial charge in [-0.2, -0.15) is 0 Å². The van der Waals surface area contributed by atoms with Gasteiger partial charge in [-0.3, -0.25) is 4.79 Å². The molecule has 0 fully saturated rings. The molecule has 0 saturated carbocycles. The fraction of sp³-hybridized carbons (Fsp3) is 0.400. The normalized spacial score (nSPS) is 10.6. The van der Waals surface area contributed by atoms with Crippen molar-refractivity contribution in [3.8, 4) is 40.2 Å². The highest BCUT2D eigenvalue weighted by Gasteiger charge is 2.22. The number of hydrogen-bond acceptors (Lipinski definition) is 9. The highest BCUT2D eigenvalue weighted by atomic mass is 16.5. The van der Waals surface area contributed by atoms with Gasteiger partial charge in [0.1, 0.15) is 0 Å². The number of carbonyl (C=O) groups excluding carboxylic acids is 1. The van der Waals surface area contributed by atoms with Crippen molar-refractivity contribution >= 4 is 5.91 Å². The highest BCUT2D eigenvalue weighted by Crippen LogP contribution is 2.39. The van der Waals surface area contributed by atoms with Gasteiger partial charge in [0.25, 0.3) is 5.91 Å². The summed E-state index contributed by atoms with van der Waals surface area (Å²) in [5, 5.41) is 8.19. The molecule has 10 nitrogen and oxygen atoms in total. The first-order valence-corrected chi connectivity index (χ1v) is 11.3. The summed E-state index contributed by atoms with van der Waals surface area (Å²) in [4.78, 5) is 14.7. The number of rotatable bonds is 12. The van der Waals surface area contributed by atoms with E-state index >= 15 is 0 Å². The van der Waals surface area contributed by atoms with E-state index in [2.05, 4.69) is 10.2 Å². The van der Waals surface area contributed by atoms with E-state index in [1.807, 2.05) is 20.8 Å². The van der Waals surface area contributed by atoms with Crippen LogP contribution in [0, 0.1) is 0 Å². The van der Waals surface area contributed by atoms with E-state index in [-0.39, 0.29) is 18.3 Å². The number of ether oxygens (including phenoxy) is 5. The van der Waals surface area contributed by atoms with Gasteiger partial charge >= 0.3 is 0 Å². The van der Waals surface area contributed by atoms with Gasteiger partial charge in [0.2, 0.25) is 17.5 Å². The molecule has 1 amide bonds. The number of hydrogen-bond donors (Lipinski definition) is 0. The molecule has 0 saturated heterocycles. The Labute approximate surface area is 204 Å². The predicted octanol–water partition coefficient (Wildman–Crippen LogP) is 4.22. The Hall–Kier alpha value is -3.95. The fourth-order valence-corrected chi connectivity index (χ4v) is 3.41. The van der Waals surface area contributed by atoms with Crippen molar-refractivity contribution in [1.82, 2.24) is 15.1 Å². The quantitative estimate of drug-likeness (QED) is 0.373. The van der Waals surface area contributed by atoms with Crippen molar-refractivity contribution < 1.29 is 32.9 Å². The van der Waals surface area contributed by atoms with Gasteiger partial charge in [-0.25, -0.2) is 0 Å². The minimum Gasteiger partial charge on any atom is -0.493 e. The van der Waals surface area contributed by atoms with Crippen LogP contribution in [0.5, 0.6) is 28.7 Å². The Morgan fingerprint density at radius 3 is 2.06 bits per heavy atom. The summed E-state index contributed by atoms with van der Waals surface area (Å²) >= 11 is 0.